The summed E-state index contributed by atoms with van der Waals surface area (Å²) in [4.78, 5) is 15.5. The van der Waals surface area contributed by atoms with Gasteiger partial charge in [-0.2, -0.15) is 5.26 Å². The van der Waals surface area contributed by atoms with Crippen LogP contribution in [-0.4, -0.2) is 18.2 Å². The van der Waals surface area contributed by atoms with Crippen LogP contribution >= 0.6 is 0 Å². The number of nitriles is 1. The van der Waals surface area contributed by atoms with Gasteiger partial charge in [-0.05, 0) is 46.2 Å². The zero-order valence-electron chi connectivity index (χ0n) is 15.4. The van der Waals surface area contributed by atoms with Gasteiger partial charge in [-0.25, -0.2) is 0 Å². The topological polar surface area (TPSA) is 75.1 Å². The Morgan fingerprint density at radius 3 is 2.41 bits per heavy atom. The first-order valence-electron chi connectivity index (χ1n) is 9.29. The quantitative estimate of drug-likeness (QED) is 0.555. The zero-order valence-corrected chi connectivity index (χ0v) is 15.4. The molecule has 5 rings (SSSR count). The number of rotatable bonds is 2. The van der Waals surface area contributed by atoms with Crippen molar-refractivity contribution in [3.8, 4) is 40.0 Å². The third-order valence-electron chi connectivity index (χ3n) is 5.06. The van der Waals surface area contributed by atoms with E-state index in [-0.39, 0.29) is 5.56 Å². The molecule has 0 unspecified atom stereocenters. The molecule has 4 aromatic rings. The fourth-order valence-corrected chi connectivity index (χ4v) is 3.62. The fourth-order valence-electron chi connectivity index (χ4n) is 3.62. The lowest BCUT2D eigenvalue weighted by molar-refractivity contribution is 0.171. The molecule has 5 nitrogen and oxygen atoms in total. The molecule has 1 aliphatic rings. The highest BCUT2D eigenvalue weighted by Gasteiger charge is 2.17. The average molecular weight is 380 g/mol. The van der Waals surface area contributed by atoms with Gasteiger partial charge in [-0.1, -0.05) is 42.5 Å². The second-order valence-electron chi connectivity index (χ2n) is 6.83. The van der Waals surface area contributed by atoms with Gasteiger partial charge in [0.05, 0.1) is 0 Å². The molecule has 1 N–H and O–H groups in total. The first-order chi connectivity index (χ1) is 14.2. The minimum absolute atomic E-state index is 0.0752. The van der Waals surface area contributed by atoms with Gasteiger partial charge in [0.15, 0.2) is 11.5 Å². The van der Waals surface area contributed by atoms with Crippen molar-refractivity contribution in [3.05, 3.63) is 82.6 Å². The first-order valence-corrected chi connectivity index (χ1v) is 9.29. The van der Waals surface area contributed by atoms with Crippen molar-refractivity contribution in [1.29, 1.82) is 5.26 Å². The summed E-state index contributed by atoms with van der Waals surface area (Å²) in [6.07, 6.45) is 0. The molecule has 3 aromatic carbocycles. The highest BCUT2D eigenvalue weighted by atomic mass is 16.6. The molecule has 0 aliphatic carbocycles. The Hall–Kier alpha value is -4.04. The number of nitrogens with zero attached hydrogens (tertiary/aromatic N) is 1. The number of H-pyrrole nitrogens is 1. The molecular formula is C24H16N2O3. The van der Waals surface area contributed by atoms with E-state index in [2.05, 4.69) is 4.98 Å². The first kappa shape index (κ1) is 17.1. The Balaban J connectivity index is 1.68. The van der Waals surface area contributed by atoms with E-state index < -0.39 is 5.56 Å². The summed E-state index contributed by atoms with van der Waals surface area (Å²) < 4.78 is 11.2. The van der Waals surface area contributed by atoms with Crippen LogP contribution in [-0.2, 0) is 0 Å². The van der Waals surface area contributed by atoms with Crippen LogP contribution < -0.4 is 15.0 Å². The number of aromatic amines is 1. The van der Waals surface area contributed by atoms with Crippen molar-refractivity contribution in [2.45, 2.75) is 0 Å². The second-order valence-corrected chi connectivity index (χ2v) is 6.83. The number of benzene rings is 3. The molecular weight excluding hydrogens is 364 g/mol. The Kier molecular flexibility index (Phi) is 4.03. The molecule has 0 bridgehead atoms. The SMILES string of the molecule is N#Cc1c(-c2ccc3c(c2)OCCO3)cc(-c2ccc3ccccc3c2)[nH]c1=O. The molecule has 0 saturated carbocycles. The van der Waals surface area contributed by atoms with E-state index in [0.717, 1.165) is 21.9 Å². The van der Waals surface area contributed by atoms with Crippen molar-refractivity contribution in [1.82, 2.24) is 4.98 Å². The van der Waals surface area contributed by atoms with Crippen LogP contribution in [0.15, 0.2) is 71.5 Å². The largest absolute Gasteiger partial charge is 0.486 e. The summed E-state index contributed by atoms with van der Waals surface area (Å²) in [6, 6.07) is 23.4. The normalized spacial score (nSPS) is 12.5. The van der Waals surface area contributed by atoms with E-state index in [0.29, 0.717) is 36.0 Å². The third kappa shape index (κ3) is 3.01. The van der Waals surface area contributed by atoms with Crippen LogP contribution in [0.3, 0.4) is 0 Å². The number of pyridine rings is 1. The standard InChI is InChI=1S/C24H16N2O3/c25-14-20-19(17-7-8-22-23(12-17)29-10-9-28-22)13-21(26-24(20)27)18-6-5-15-3-1-2-4-16(15)11-18/h1-8,11-13H,9-10H2,(H,26,27). The van der Waals surface area contributed by atoms with Gasteiger partial charge in [-0.15, -0.1) is 0 Å². The van der Waals surface area contributed by atoms with Gasteiger partial charge in [0.25, 0.3) is 5.56 Å². The second kappa shape index (κ2) is 6.84. The van der Waals surface area contributed by atoms with E-state index >= 15 is 0 Å². The van der Waals surface area contributed by atoms with E-state index in [1.165, 1.54) is 0 Å². The van der Waals surface area contributed by atoms with Crippen molar-refractivity contribution < 1.29 is 9.47 Å². The van der Waals surface area contributed by atoms with Crippen molar-refractivity contribution in [2.24, 2.45) is 0 Å². The molecule has 1 aromatic heterocycles. The van der Waals surface area contributed by atoms with E-state index in [4.69, 9.17) is 9.47 Å². The predicted octanol–water partition coefficient (Wildman–Crippen LogP) is 4.50. The molecule has 1 aliphatic heterocycles. The molecule has 140 valence electrons. The Bertz CT molecular complexity index is 1350. The van der Waals surface area contributed by atoms with E-state index in [1.807, 2.05) is 72.8 Å². The molecule has 0 spiro atoms. The Labute approximate surface area is 166 Å². The molecule has 0 radical (unpaired) electrons. The summed E-state index contributed by atoms with van der Waals surface area (Å²) in [5.74, 6) is 1.28. The van der Waals surface area contributed by atoms with Gasteiger partial charge in [0, 0.05) is 11.3 Å². The predicted molar refractivity (Wildman–Crippen MR) is 111 cm³/mol. The number of hydrogen-bond acceptors (Lipinski definition) is 4. The lowest BCUT2D eigenvalue weighted by Crippen LogP contribution is -2.15. The van der Waals surface area contributed by atoms with Gasteiger partial charge in [0.1, 0.15) is 24.8 Å². The molecule has 0 atom stereocenters. The molecule has 0 fully saturated rings. The number of ether oxygens (including phenoxy) is 2. The third-order valence-corrected chi connectivity index (χ3v) is 5.06. The van der Waals surface area contributed by atoms with Crippen molar-refractivity contribution in [3.63, 3.8) is 0 Å². The molecule has 0 amide bonds. The number of aromatic nitrogens is 1. The van der Waals surface area contributed by atoms with Crippen molar-refractivity contribution in [2.75, 3.05) is 13.2 Å². The van der Waals surface area contributed by atoms with Crippen molar-refractivity contribution >= 4 is 10.8 Å². The van der Waals surface area contributed by atoms with Gasteiger partial charge in [0.2, 0.25) is 0 Å². The van der Waals surface area contributed by atoms with Gasteiger partial charge in [-0.3, -0.25) is 4.79 Å². The molecule has 0 saturated heterocycles. The zero-order chi connectivity index (χ0) is 19.8. The van der Waals surface area contributed by atoms with Crippen LogP contribution in [0.2, 0.25) is 0 Å². The van der Waals surface area contributed by atoms with E-state index in [9.17, 15) is 10.1 Å². The van der Waals surface area contributed by atoms with Crippen LogP contribution in [0.5, 0.6) is 11.5 Å². The number of nitrogens with one attached hydrogen (secondary N) is 1. The minimum atomic E-state index is -0.414. The Morgan fingerprint density at radius 2 is 1.59 bits per heavy atom. The highest BCUT2D eigenvalue weighted by Crippen LogP contribution is 2.36. The molecule has 2 heterocycles. The maximum atomic E-state index is 12.7. The van der Waals surface area contributed by atoms with Gasteiger partial charge < -0.3 is 14.5 Å². The van der Waals surface area contributed by atoms with Crippen LogP contribution in [0.1, 0.15) is 5.56 Å². The fraction of sp³-hybridized carbons (Fsp3) is 0.0833. The lowest BCUT2D eigenvalue weighted by Gasteiger charge is -2.19. The maximum Gasteiger partial charge on any atom is 0.266 e. The van der Waals surface area contributed by atoms with Crippen LogP contribution in [0.4, 0.5) is 0 Å². The highest BCUT2D eigenvalue weighted by molar-refractivity contribution is 5.87. The molecule has 29 heavy (non-hydrogen) atoms. The van der Waals surface area contributed by atoms with E-state index in [1.54, 1.807) is 0 Å². The molecule has 5 heteroatoms. The van der Waals surface area contributed by atoms with Crippen LogP contribution in [0, 0.1) is 11.3 Å². The summed E-state index contributed by atoms with van der Waals surface area (Å²) in [5.41, 5.74) is 2.50. The van der Waals surface area contributed by atoms with Crippen LogP contribution in [0.25, 0.3) is 33.2 Å². The summed E-state index contributed by atoms with van der Waals surface area (Å²) >= 11 is 0. The monoisotopic (exact) mass is 380 g/mol. The lowest BCUT2D eigenvalue weighted by atomic mass is 9.97. The summed E-state index contributed by atoms with van der Waals surface area (Å²) in [7, 11) is 0. The maximum absolute atomic E-state index is 12.7. The minimum Gasteiger partial charge on any atom is -0.486 e. The average Bonchev–Trinajstić information content (AvgIpc) is 2.78. The smallest absolute Gasteiger partial charge is 0.266 e. The number of hydrogen-bond donors (Lipinski definition) is 1. The summed E-state index contributed by atoms with van der Waals surface area (Å²) in [5, 5.41) is 11.8. The Morgan fingerprint density at radius 1 is 0.828 bits per heavy atom. The van der Waals surface area contributed by atoms with Gasteiger partial charge >= 0.3 is 0 Å². The number of fused-ring (bicyclic) bond motifs is 2. The summed E-state index contributed by atoms with van der Waals surface area (Å²) in [6.45, 7) is 0.978.